The van der Waals surface area contributed by atoms with E-state index in [-0.39, 0.29) is 29.4 Å². The second kappa shape index (κ2) is 22.6. The fourth-order valence-electron chi connectivity index (χ4n) is 4.38. The molecule has 1 aromatic carbocycles. The maximum Gasteiger partial charge on any atom is 0.175 e. The molecule has 0 unspecified atom stereocenters. The molecule has 0 aliphatic rings. The standard InChI is InChI=1S/C30H54NO2.BrH/c1-4-5-6-7-8-9-10-11-12-13-14-15-16-17-18-22-26-31(2,3)27-25-29(32)28-33-30-23-20-19-21-24-30;/h19-21,23-24H,4-18,22,25-28H2,1-3H3;1H/q+1;/p-1. The van der Waals surface area contributed by atoms with Crippen molar-refractivity contribution in [1.29, 1.82) is 0 Å². The number of rotatable bonds is 23. The molecule has 0 fully saturated rings. The number of Topliss-reactive ketones (excluding diaryl/α,β-unsaturated/α-hetero) is 1. The molecule has 0 amide bonds. The summed E-state index contributed by atoms with van der Waals surface area (Å²) in [5, 5.41) is 0. The van der Waals surface area contributed by atoms with Crippen molar-refractivity contribution in [1.82, 2.24) is 0 Å². The maximum atomic E-state index is 12.2. The molecule has 0 aliphatic heterocycles. The summed E-state index contributed by atoms with van der Waals surface area (Å²) >= 11 is 0. The molecule has 0 saturated carbocycles. The molecule has 198 valence electrons. The lowest BCUT2D eigenvalue weighted by molar-refractivity contribution is -0.889. The lowest BCUT2D eigenvalue weighted by Crippen LogP contribution is -3.00. The second-order valence-corrected chi connectivity index (χ2v) is 10.6. The molecule has 0 aliphatic carbocycles. The van der Waals surface area contributed by atoms with Gasteiger partial charge in [-0.3, -0.25) is 4.79 Å². The molecule has 1 rings (SSSR count). The number of hydrogen-bond acceptors (Lipinski definition) is 2. The van der Waals surface area contributed by atoms with Crippen LogP contribution in [0.15, 0.2) is 30.3 Å². The predicted molar refractivity (Wildman–Crippen MR) is 143 cm³/mol. The summed E-state index contributed by atoms with van der Waals surface area (Å²) in [4.78, 5) is 12.2. The number of quaternary nitrogens is 1. The van der Waals surface area contributed by atoms with E-state index in [2.05, 4.69) is 21.0 Å². The molecule has 0 N–H and O–H groups in total. The SMILES string of the molecule is CCCCCCCCCCCCCCCCCC[N+](C)(C)CCC(=O)COc1ccccc1.[Br-]. The average Bonchev–Trinajstić information content (AvgIpc) is 2.82. The number of ether oxygens (including phenoxy) is 1. The van der Waals surface area contributed by atoms with Crippen molar-refractivity contribution in [3.05, 3.63) is 30.3 Å². The molecule has 0 spiro atoms. The number of halogens is 1. The Morgan fingerprint density at radius 2 is 1.12 bits per heavy atom. The van der Waals surface area contributed by atoms with Crippen molar-refractivity contribution in [2.24, 2.45) is 0 Å². The topological polar surface area (TPSA) is 26.3 Å². The van der Waals surface area contributed by atoms with Crippen molar-refractivity contribution in [3.63, 3.8) is 0 Å². The second-order valence-electron chi connectivity index (χ2n) is 10.6. The minimum absolute atomic E-state index is 0. The summed E-state index contributed by atoms with van der Waals surface area (Å²) in [6.07, 6.45) is 23.1. The first-order chi connectivity index (χ1) is 16.0. The van der Waals surface area contributed by atoms with Gasteiger partial charge in [0.05, 0.1) is 33.6 Å². The number of nitrogens with zero attached hydrogens (tertiary/aromatic N) is 1. The summed E-state index contributed by atoms with van der Waals surface area (Å²) in [6.45, 7) is 4.53. The molecule has 0 aromatic heterocycles. The fraction of sp³-hybridized carbons (Fsp3) is 0.767. The Bertz CT molecular complexity index is 576. The number of carbonyl (C=O) groups excluding carboxylic acids is 1. The van der Waals surface area contributed by atoms with E-state index >= 15 is 0 Å². The molecule has 0 bridgehead atoms. The Balaban J connectivity index is 0.0000109. The number of carbonyl (C=O) groups is 1. The van der Waals surface area contributed by atoms with Gasteiger partial charge >= 0.3 is 0 Å². The summed E-state index contributed by atoms with van der Waals surface area (Å²) < 4.78 is 6.50. The van der Waals surface area contributed by atoms with Gasteiger partial charge in [0.25, 0.3) is 0 Å². The van der Waals surface area contributed by atoms with Crippen LogP contribution in [-0.4, -0.2) is 44.1 Å². The van der Waals surface area contributed by atoms with E-state index in [1.54, 1.807) is 0 Å². The summed E-state index contributed by atoms with van der Waals surface area (Å²) in [6, 6.07) is 9.60. The van der Waals surface area contributed by atoms with Gasteiger partial charge in [-0.05, 0) is 25.0 Å². The third-order valence-electron chi connectivity index (χ3n) is 6.76. The van der Waals surface area contributed by atoms with Crippen LogP contribution >= 0.6 is 0 Å². The largest absolute Gasteiger partial charge is 1.00 e. The van der Waals surface area contributed by atoms with Crippen molar-refractivity contribution >= 4 is 5.78 Å². The Morgan fingerprint density at radius 3 is 1.59 bits per heavy atom. The Kier molecular flexibility index (Phi) is 22.0. The molecule has 0 radical (unpaired) electrons. The molecule has 0 heterocycles. The third kappa shape index (κ3) is 20.5. The van der Waals surface area contributed by atoms with Gasteiger partial charge in [0.15, 0.2) is 5.78 Å². The zero-order valence-electron chi connectivity index (χ0n) is 22.7. The maximum absolute atomic E-state index is 12.2. The number of benzene rings is 1. The highest BCUT2D eigenvalue weighted by molar-refractivity contribution is 5.80. The van der Waals surface area contributed by atoms with Gasteiger partial charge in [-0.15, -0.1) is 0 Å². The van der Waals surface area contributed by atoms with Gasteiger partial charge in [-0.25, -0.2) is 0 Å². The molecule has 0 saturated heterocycles. The molecular weight excluding hydrogens is 486 g/mol. The Hall–Kier alpha value is -0.870. The van der Waals surface area contributed by atoms with E-state index in [4.69, 9.17) is 4.74 Å². The average molecular weight is 541 g/mol. The minimum Gasteiger partial charge on any atom is -1.00 e. The number of ketones is 1. The van der Waals surface area contributed by atoms with Crippen LogP contribution in [0.5, 0.6) is 5.75 Å². The molecule has 34 heavy (non-hydrogen) atoms. The lowest BCUT2D eigenvalue weighted by Gasteiger charge is -2.29. The van der Waals surface area contributed by atoms with Crippen LogP contribution in [0.25, 0.3) is 0 Å². The van der Waals surface area contributed by atoms with Crippen molar-refractivity contribution in [3.8, 4) is 5.75 Å². The summed E-state index contributed by atoms with van der Waals surface area (Å²) in [7, 11) is 4.49. The van der Waals surface area contributed by atoms with Crippen LogP contribution in [-0.2, 0) is 4.79 Å². The van der Waals surface area contributed by atoms with Crippen LogP contribution < -0.4 is 21.7 Å². The van der Waals surface area contributed by atoms with Gasteiger partial charge in [-0.1, -0.05) is 115 Å². The van der Waals surface area contributed by atoms with Gasteiger partial charge in [0, 0.05) is 0 Å². The van der Waals surface area contributed by atoms with Gasteiger partial charge in [0.2, 0.25) is 0 Å². The Morgan fingerprint density at radius 1 is 0.676 bits per heavy atom. The van der Waals surface area contributed by atoms with Crippen LogP contribution in [0.3, 0.4) is 0 Å². The number of para-hydroxylation sites is 1. The number of hydrogen-bond donors (Lipinski definition) is 0. The quantitative estimate of drug-likeness (QED) is 0.138. The van der Waals surface area contributed by atoms with Crippen LogP contribution in [0, 0.1) is 0 Å². The van der Waals surface area contributed by atoms with Crippen LogP contribution in [0.4, 0.5) is 0 Å². The fourth-order valence-corrected chi connectivity index (χ4v) is 4.38. The summed E-state index contributed by atoms with van der Waals surface area (Å²) in [5.74, 6) is 0.963. The zero-order chi connectivity index (χ0) is 24.0. The van der Waals surface area contributed by atoms with Crippen molar-refractivity contribution in [2.75, 3.05) is 33.8 Å². The van der Waals surface area contributed by atoms with Crippen LogP contribution in [0.2, 0.25) is 0 Å². The van der Waals surface area contributed by atoms with Gasteiger partial charge < -0.3 is 26.2 Å². The van der Waals surface area contributed by atoms with E-state index in [1.165, 1.54) is 103 Å². The van der Waals surface area contributed by atoms with Gasteiger partial charge in [-0.2, -0.15) is 0 Å². The van der Waals surface area contributed by atoms with Crippen molar-refractivity contribution in [2.45, 2.75) is 116 Å². The highest BCUT2D eigenvalue weighted by atomic mass is 79.9. The van der Waals surface area contributed by atoms with Crippen LogP contribution in [0.1, 0.15) is 116 Å². The van der Waals surface area contributed by atoms with E-state index < -0.39 is 0 Å². The zero-order valence-corrected chi connectivity index (χ0v) is 24.3. The summed E-state index contributed by atoms with van der Waals surface area (Å²) in [5.41, 5.74) is 0. The molecule has 0 atom stereocenters. The first-order valence-electron chi connectivity index (χ1n) is 14.0. The molecule has 1 aromatic rings. The Labute approximate surface area is 222 Å². The predicted octanol–water partition coefficient (Wildman–Crippen LogP) is 5.37. The first kappa shape index (κ1) is 33.1. The molecule has 3 nitrogen and oxygen atoms in total. The van der Waals surface area contributed by atoms with Crippen molar-refractivity contribution < 1.29 is 31.0 Å². The first-order valence-corrected chi connectivity index (χ1v) is 14.0. The minimum atomic E-state index is 0. The highest BCUT2D eigenvalue weighted by Crippen LogP contribution is 2.14. The van der Waals surface area contributed by atoms with E-state index in [0.29, 0.717) is 6.42 Å². The van der Waals surface area contributed by atoms with Gasteiger partial charge in [0.1, 0.15) is 12.4 Å². The monoisotopic (exact) mass is 539 g/mol. The number of unbranched alkanes of at least 4 members (excludes halogenated alkanes) is 15. The van der Waals surface area contributed by atoms with E-state index in [0.717, 1.165) is 23.3 Å². The highest BCUT2D eigenvalue weighted by Gasteiger charge is 2.16. The lowest BCUT2D eigenvalue weighted by atomic mass is 10.0. The third-order valence-corrected chi connectivity index (χ3v) is 6.76. The van der Waals surface area contributed by atoms with E-state index in [9.17, 15) is 4.79 Å². The smallest absolute Gasteiger partial charge is 0.175 e. The molecule has 4 heteroatoms. The normalized spacial score (nSPS) is 11.3. The molecular formula is C30H54BrNO2. The van der Waals surface area contributed by atoms with E-state index in [1.807, 2.05) is 30.3 Å².